The third kappa shape index (κ3) is 7.99. The van der Waals surface area contributed by atoms with E-state index in [0.717, 1.165) is 54.9 Å². The molecule has 6 rings (SSSR count). The number of hydrogen-bond donors (Lipinski definition) is 3. The van der Waals surface area contributed by atoms with Crippen LogP contribution in [0.2, 0.25) is 0 Å². The van der Waals surface area contributed by atoms with E-state index in [1.165, 1.54) is 11.9 Å². The Morgan fingerprint density at radius 1 is 0.978 bits per heavy atom. The van der Waals surface area contributed by atoms with Gasteiger partial charge in [0.2, 0.25) is 5.91 Å². The number of carbonyl (C=O) groups is 2. The van der Waals surface area contributed by atoms with Crippen molar-refractivity contribution in [3.05, 3.63) is 107 Å². The number of benzene rings is 2. The van der Waals surface area contributed by atoms with Crippen molar-refractivity contribution in [1.29, 1.82) is 0 Å². The second-order valence-corrected chi connectivity index (χ2v) is 10.6. The normalized spacial score (nSPS) is 13.9. The zero-order valence-corrected chi connectivity index (χ0v) is 24.4. The zero-order chi connectivity index (χ0) is 32.7. The summed E-state index contributed by atoms with van der Waals surface area (Å²) in [6.07, 6.45) is 1.24. The number of pyridine rings is 2. The molecule has 0 saturated carbocycles. The van der Waals surface area contributed by atoms with Crippen molar-refractivity contribution in [2.24, 2.45) is 5.92 Å². The molecule has 3 N–H and O–H groups in total. The average Bonchev–Trinajstić information content (AvgIpc) is 3.06. The first kappa shape index (κ1) is 32.0. The van der Waals surface area contributed by atoms with E-state index in [1.54, 1.807) is 18.5 Å². The summed E-state index contributed by atoms with van der Waals surface area (Å²) < 4.78 is 31.7. The number of anilines is 1. The van der Waals surface area contributed by atoms with Gasteiger partial charge in [-0.1, -0.05) is 54.6 Å². The van der Waals surface area contributed by atoms with Gasteiger partial charge in [-0.25, -0.2) is 19.7 Å². The molecule has 0 radical (unpaired) electrons. The summed E-state index contributed by atoms with van der Waals surface area (Å²) >= 11 is 0. The number of piperidine rings is 1. The molecule has 0 aliphatic carbocycles. The lowest BCUT2D eigenvalue weighted by Crippen LogP contribution is -2.37. The Kier molecular flexibility index (Phi) is 9.82. The first-order chi connectivity index (χ1) is 22.1. The number of nitrogens with zero attached hydrogens (tertiary/aromatic N) is 4. The first-order valence-electron chi connectivity index (χ1n) is 14.3. The molecule has 1 amide bonds. The number of hydrogen-bond acceptors (Lipinski definition) is 7. The van der Waals surface area contributed by atoms with Crippen LogP contribution in [-0.2, 0) is 16.1 Å². The van der Waals surface area contributed by atoms with Crippen LogP contribution in [0.25, 0.3) is 33.3 Å². The molecule has 0 atom stereocenters. The molecule has 0 bridgehead atoms. The number of nitrogens with one attached hydrogen (secondary N) is 2. The summed E-state index contributed by atoms with van der Waals surface area (Å²) in [6.45, 7) is 2.55. The molecule has 2 aromatic carbocycles. The topological polar surface area (TPSA) is 141 Å². The van der Waals surface area contributed by atoms with E-state index in [1.807, 2.05) is 42.5 Å². The maximum Gasteiger partial charge on any atom is 0.490 e. The van der Waals surface area contributed by atoms with Crippen molar-refractivity contribution in [2.45, 2.75) is 25.6 Å². The molecule has 4 heterocycles. The number of rotatable bonds is 6. The molecule has 1 saturated heterocycles. The minimum absolute atomic E-state index is 0.0128. The number of H-pyrrole nitrogens is 1. The third-order valence-electron chi connectivity index (χ3n) is 7.50. The van der Waals surface area contributed by atoms with Gasteiger partial charge in [-0.15, -0.1) is 0 Å². The van der Waals surface area contributed by atoms with Gasteiger partial charge in [0, 0.05) is 36.0 Å². The highest BCUT2D eigenvalue weighted by molar-refractivity contribution is 5.92. The van der Waals surface area contributed by atoms with Gasteiger partial charge >= 0.3 is 12.1 Å². The number of carboxylic acids is 1. The Morgan fingerprint density at radius 3 is 2.30 bits per heavy atom. The maximum atomic E-state index is 12.6. The smallest absolute Gasteiger partial charge is 0.475 e. The zero-order valence-electron chi connectivity index (χ0n) is 24.4. The molecule has 46 heavy (non-hydrogen) atoms. The van der Waals surface area contributed by atoms with E-state index in [-0.39, 0.29) is 17.4 Å². The summed E-state index contributed by atoms with van der Waals surface area (Å²) in [5, 5.41) is 10.6. The van der Waals surface area contributed by atoms with Crippen LogP contribution in [0.4, 0.5) is 19.0 Å². The molecule has 3 aromatic heterocycles. The van der Waals surface area contributed by atoms with Gasteiger partial charge in [0.25, 0.3) is 5.56 Å². The van der Waals surface area contributed by atoms with Crippen LogP contribution in [0.15, 0.2) is 96.3 Å². The van der Waals surface area contributed by atoms with Gasteiger partial charge in [-0.05, 0) is 55.3 Å². The van der Waals surface area contributed by atoms with Crippen LogP contribution in [0.3, 0.4) is 0 Å². The van der Waals surface area contributed by atoms with Crippen molar-refractivity contribution in [3.8, 4) is 22.4 Å². The van der Waals surface area contributed by atoms with Gasteiger partial charge in [0.05, 0.1) is 16.6 Å². The summed E-state index contributed by atoms with van der Waals surface area (Å²) in [7, 11) is 0. The van der Waals surface area contributed by atoms with E-state index in [0.29, 0.717) is 16.7 Å². The lowest BCUT2D eigenvalue weighted by molar-refractivity contribution is -0.192. The maximum absolute atomic E-state index is 12.6. The summed E-state index contributed by atoms with van der Waals surface area (Å²) in [4.78, 5) is 52.0. The lowest BCUT2D eigenvalue weighted by Gasteiger charge is -2.31. The predicted octanol–water partition coefficient (Wildman–Crippen LogP) is 5.53. The number of likely N-dealkylation sites (tertiary alicyclic amines) is 1. The van der Waals surface area contributed by atoms with E-state index in [4.69, 9.17) is 14.9 Å². The predicted molar refractivity (Wildman–Crippen MR) is 166 cm³/mol. The standard InChI is InChI=1S/C31H28N6O2.C2HF3O2/c38-30(36-28-11-14-32-20-34-28)24-12-16-37(17-13-24)19-21-6-8-23(9-7-21)29-25(22-4-2-1-3-5-22)18-26-27(35-29)10-15-33-31(26)39;3-2(4,5)1(6)7/h1-11,14-15,18,20,24H,12-13,16-17,19H2,(H,33,39)(H,32,34,36,38);(H,6,7). The van der Waals surface area contributed by atoms with Gasteiger partial charge in [0.15, 0.2) is 0 Å². The number of alkyl halides is 3. The van der Waals surface area contributed by atoms with Crippen LogP contribution in [0, 0.1) is 5.92 Å². The number of halogens is 3. The van der Waals surface area contributed by atoms with Gasteiger partial charge in [-0.2, -0.15) is 13.2 Å². The molecule has 0 unspecified atom stereocenters. The molecule has 236 valence electrons. The van der Waals surface area contributed by atoms with E-state index in [9.17, 15) is 22.8 Å². The minimum Gasteiger partial charge on any atom is -0.475 e. The molecule has 1 aliphatic rings. The van der Waals surface area contributed by atoms with E-state index in [2.05, 4.69) is 49.4 Å². The van der Waals surface area contributed by atoms with Gasteiger partial charge < -0.3 is 15.4 Å². The van der Waals surface area contributed by atoms with Crippen LogP contribution in [0.1, 0.15) is 18.4 Å². The average molecular weight is 631 g/mol. The van der Waals surface area contributed by atoms with Crippen molar-refractivity contribution < 1.29 is 27.9 Å². The second-order valence-electron chi connectivity index (χ2n) is 10.6. The van der Waals surface area contributed by atoms with E-state index >= 15 is 0 Å². The number of aliphatic carboxylic acids is 1. The van der Waals surface area contributed by atoms with E-state index < -0.39 is 12.1 Å². The fourth-order valence-electron chi connectivity index (χ4n) is 5.14. The molecular weight excluding hydrogens is 601 g/mol. The fraction of sp³-hybridized carbons (Fsp3) is 0.212. The largest absolute Gasteiger partial charge is 0.490 e. The Balaban J connectivity index is 0.000000537. The molecule has 0 spiro atoms. The highest BCUT2D eigenvalue weighted by atomic mass is 19.4. The summed E-state index contributed by atoms with van der Waals surface area (Å²) in [5.41, 5.74) is 5.52. The molecular formula is C33H29F3N6O4. The Labute approximate surface area is 261 Å². The minimum atomic E-state index is -5.08. The van der Waals surface area contributed by atoms with Crippen molar-refractivity contribution >= 4 is 28.6 Å². The SMILES string of the molecule is O=C(Nc1ccncn1)C1CCN(Cc2ccc(-c3nc4cc[nH]c(=O)c4cc3-c3ccccc3)cc2)CC1.O=C(O)C(F)(F)F. The number of aromatic amines is 1. The summed E-state index contributed by atoms with van der Waals surface area (Å²) in [5.74, 6) is -2.20. The van der Waals surface area contributed by atoms with Gasteiger partial charge in [0.1, 0.15) is 12.1 Å². The monoisotopic (exact) mass is 630 g/mol. The fourth-order valence-corrected chi connectivity index (χ4v) is 5.14. The lowest BCUT2D eigenvalue weighted by atomic mass is 9.95. The quantitative estimate of drug-likeness (QED) is 0.222. The number of carbonyl (C=O) groups excluding carboxylic acids is 1. The third-order valence-corrected chi connectivity index (χ3v) is 7.50. The summed E-state index contributed by atoms with van der Waals surface area (Å²) in [6, 6.07) is 24.0. The Bertz CT molecular complexity index is 1860. The number of fused-ring (bicyclic) bond motifs is 1. The second kappa shape index (κ2) is 14.1. The first-order valence-corrected chi connectivity index (χ1v) is 14.3. The van der Waals surface area contributed by atoms with Crippen LogP contribution < -0.4 is 10.9 Å². The number of aromatic nitrogens is 4. The highest BCUT2D eigenvalue weighted by Gasteiger charge is 2.38. The molecule has 13 heteroatoms. The van der Waals surface area contributed by atoms with Crippen molar-refractivity contribution in [2.75, 3.05) is 18.4 Å². The number of carboxylic acid groups (broad SMARTS) is 1. The van der Waals surface area contributed by atoms with Crippen LogP contribution >= 0.6 is 0 Å². The molecule has 10 nitrogen and oxygen atoms in total. The Morgan fingerprint density at radius 2 is 1.67 bits per heavy atom. The molecule has 5 aromatic rings. The van der Waals surface area contributed by atoms with Crippen molar-refractivity contribution in [3.63, 3.8) is 0 Å². The van der Waals surface area contributed by atoms with Gasteiger partial charge in [-0.3, -0.25) is 14.5 Å². The Hall–Kier alpha value is -5.43. The van der Waals surface area contributed by atoms with Crippen LogP contribution in [-0.4, -0.2) is 61.1 Å². The molecule has 1 fully saturated rings. The molecule has 1 aliphatic heterocycles. The van der Waals surface area contributed by atoms with Crippen LogP contribution in [0.5, 0.6) is 0 Å². The highest BCUT2D eigenvalue weighted by Crippen LogP contribution is 2.33. The number of amides is 1. The van der Waals surface area contributed by atoms with Crippen molar-refractivity contribution in [1.82, 2.24) is 24.8 Å².